The summed E-state index contributed by atoms with van der Waals surface area (Å²) >= 11 is 3.70. The summed E-state index contributed by atoms with van der Waals surface area (Å²) in [4.78, 5) is 0. The maximum absolute atomic E-state index is 6.89. The third-order valence-corrected chi connectivity index (χ3v) is 6.93. The molecule has 21 heavy (non-hydrogen) atoms. The Morgan fingerprint density at radius 1 is 1.19 bits per heavy atom. The molecule has 0 radical (unpaired) electrons. The molecule has 1 heterocycles. The molecule has 0 saturated heterocycles. The number of aromatic nitrogens is 2. The van der Waals surface area contributed by atoms with Crippen molar-refractivity contribution in [1.29, 1.82) is 0 Å². The molecule has 1 aromatic rings. The van der Waals surface area contributed by atoms with Crippen LogP contribution < -0.4 is 5.73 Å². The molecule has 3 nitrogen and oxygen atoms in total. The highest BCUT2D eigenvalue weighted by Crippen LogP contribution is 2.63. The molecule has 1 atom stereocenters. The maximum Gasteiger partial charge on any atom is 0.0702 e. The Bertz CT molecular complexity index is 513. The van der Waals surface area contributed by atoms with Crippen LogP contribution in [0.3, 0.4) is 0 Å². The summed E-state index contributed by atoms with van der Waals surface area (Å²) in [5, 5.41) is 4.55. The van der Waals surface area contributed by atoms with Gasteiger partial charge in [0.05, 0.1) is 22.4 Å². The largest absolute Gasteiger partial charge is 0.322 e. The van der Waals surface area contributed by atoms with Crippen LogP contribution in [0.4, 0.5) is 0 Å². The van der Waals surface area contributed by atoms with Gasteiger partial charge in [0.2, 0.25) is 0 Å². The zero-order chi connectivity index (χ0) is 14.8. The summed E-state index contributed by atoms with van der Waals surface area (Å²) in [7, 11) is 0. The fourth-order valence-corrected chi connectivity index (χ4v) is 6.42. The van der Waals surface area contributed by atoms with Crippen LogP contribution in [0.15, 0.2) is 10.7 Å². The summed E-state index contributed by atoms with van der Waals surface area (Å²) in [6.07, 6.45) is 10.4. The van der Waals surface area contributed by atoms with Crippen LogP contribution >= 0.6 is 15.9 Å². The highest BCUT2D eigenvalue weighted by Gasteiger charge is 2.54. The van der Waals surface area contributed by atoms with Gasteiger partial charge in [-0.25, -0.2) is 0 Å². The van der Waals surface area contributed by atoms with Crippen LogP contribution in [-0.2, 0) is 0 Å². The van der Waals surface area contributed by atoms with E-state index < -0.39 is 0 Å². The van der Waals surface area contributed by atoms with E-state index in [9.17, 15) is 0 Å². The quantitative estimate of drug-likeness (QED) is 0.874. The van der Waals surface area contributed by atoms with E-state index in [-0.39, 0.29) is 6.04 Å². The van der Waals surface area contributed by atoms with Crippen molar-refractivity contribution in [1.82, 2.24) is 9.78 Å². The first kappa shape index (κ1) is 14.3. The minimum Gasteiger partial charge on any atom is -0.322 e. The van der Waals surface area contributed by atoms with Gasteiger partial charge in [-0.1, -0.05) is 0 Å². The third kappa shape index (κ3) is 2.13. The molecular weight excluding hydrogens is 326 g/mol. The van der Waals surface area contributed by atoms with E-state index in [0.717, 1.165) is 22.2 Å². The van der Waals surface area contributed by atoms with E-state index in [1.807, 2.05) is 6.20 Å². The summed E-state index contributed by atoms with van der Waals surface area (Å²) in [6, 6.07) is 0.497. The average Bonchev–Trinajstić information content (AvgIpc) is 2.78. The molecule has 1 aromatic heterocycles. The van der Waals surface area contributed by atoms with E-state index in [1.165, 1.54) is 44.2 Å². The van der Waals surface area contributed by atoms with E-state index >= 15 is 0 Å². The van der Waals surface area contributed by atoms with Crippen LogP contribution in [0.5, 0.6) is 0 Å². The molecule has 4 saturated carbocycles. The molecule has 2 N–H and O–H groups in total. The lowest BCUT2D eigenvalue weighted by Gasteiger charge is -2.59. The summed E-state index contributed by atoms with van der Waals surface area (Å²) in [5.74, 6) is 2.82. The molecule has 0 spiro atoms. The van der Waals surface area contributed by atoms with Crippen LogP contribution in [-0.4, -0.2) is 9.78 Å². The van der Waals surface area contributed by atoms with Crippen molar-refractivity contribution >= 4 is 15.9 Å². The van der Waals surface area contributed by atoms with Crippen LogP contribution in [0.1, 0.15) is 70.2 Å². The normalized spacial score (nSPS) is 39.2. The second-order valence-corrected chi connectivity index (χ2v) is 9.03. The SMILES string of the molecule is CC(C)n1ncc(Br)c1C(N)C12CC3CC(CC(C3)C1)C2. The molecule has 4 bridgehead atoms. The lowest BCUT2D eigenvalue weighted by molar-refractivity contribution is -0.0693. The minimum absolute atomic E-state index is 0.130. The van der Waals surface area contributed by atoms with E-state index in [0.29, 0.717) is 11.5 Å². The smallest absolute Gasteiger partial charge is 0.0702 e. The standard InChI is InChI=1S/C17H26BrN3/c1-10(2)21-15(14(18)9-20-21)16(19)17-6-11-3-12(7-17)5-13(4-11)8-17/h9-13,16H,3-8,19H2,1-2H3. The van der Waals surface area contributed by atoms with Gasteiger partial charge in [-0.2, -0.15) is 5.10 Å². The molecule has 0 aromatic carbocycles. The second kappa shape index (κ2) is 4.82. The molecule has 5 rings (SSSR count). The minimum atomic E-state index is 0.130. The van der Waals surface area contributed by atoms with E-state index in [4.69, 9.17) is 5.73 Å². The number of nitrogens with zero attached hydrogens (tertiary/aromatic N) is 2. The first-order valence-electron chi connectivity index (χ1n) is 8.47. The Morgan fingerprint density at radius 3 is 2.19 bits per heavy atom. The van der Waals surface area contributed by atoms with Crippen LogP contribution in [0.25, 0.3) is 0 Å². The molecule has 4 aliphatic carbocycles. The number of hydrogen-bond acceptors (Lipinski definition) is 2. The predicted octanol–water partition coefficient (Wildman–Crippen LogP) is 4.44. The number of hydrogen-bond donors (Lipinski definition) is 1. The van der Waals surface area contributed by atoms with Gasteiger partial charge in [0.15, 0.2) is 0 Å². The Balaban J connectivity index is 1.72. The zero-order valence-electron chi connectivity index (χ0n) is 13.1. The number of nitrogens with two attached hydrogens (primary N) is 1. The van der Waals surface area contributed by atoms with Crippen LogP contribution in [0, 0.1) is 23.2 Å². The number of halogens is 1. The number of rotatable bonds is 3. The Kier molecular flexibility index (Phi) is 3.27. The van der Waals surface area contributed by atoms with Crippen molar-refractivity contribution in [2.24, 2.45) is 28.9 Å². The molecule has 0 amide bonds. The van der Waals surface area contributed by atoms with E-state index in [1.54, 1.807) is 0 Å². The first-order chi connectivity index (χ1) is 9.98. The van der Waals surface area contributed by atoms with Gasteiger partial charge in [-0.15, -0.1) is 0 Å². The van der Waals surface area contributed by atoms with Gasteiger partial charge in [-0.05, 0) is 91.5 Å². The van der Waals surface area contributed by atoms with Crippen molar-refractivity contribution in [2.75, 3.05) is 0 Å². The predicted molar refractivity (Wildman–Crippen MR) is 87.8 cm³/mol. The summed E-state index contributed by atoms with van der Waals surface area (Å²) in [5.41, 5.74) is 8.45. The van der Waals surface area contributed by atoms with Crippen molar-refractivity contribution in [3.63, 3.8) is 0 Å². The molecule has 4 heteroatoms. The maximum atomic E-state index is 6.89. The Morgan fingerprint density at radius 2 is 1.71 bits per heavy atom. The molecule has 0 aliphatic heterocycles. The van der Waals surface area contributed by atoms with Crippen molar-refractivity contribution in [2.45, 2.75) is 64.5 Å². The van der Waals surface area contributed by atoms with Gasteiger partial charge >= 0.3 is 0 Å². The van der Waals surface area contributed by atoms with Gasteiger partial charge in [0.1, 0.15) is 0 Å². The molecular formula is C17H26BrN3. The Labute approximate surface area is 135 Å². The lowest BCUT2D eigenvalue weighted by Crippen LogP contribution is -2.51. The summed E-state index contributed by atoms with van der Waals surface area (Å²) < 4.78 is 3.23. The fraction of sp³-hybridized carbons (Fsp3) is 0.824. The van der Waals surface area contributed by atoms with Crippen molar-refractivity contribution < 1.29 is 0 Å². The zero-order valence-corrected chi connectivity index (χ0v) is 14.6. The average molecular weight is 352 g/mol. The highest BCUT2D eigenvalue weighted by molar-refractivity contribution is 9.10. The Hall–Kier alpha value is -0.350. The lowest BCUT2D eigenvalue weighted by atomic mass is 9.47. The fourth-order valence-electron chi connectivity index (χ4n) is 5.90. The molecule has 116 valence electrons. The topological polar surface area (TPSA) is 43.8 Å². The van der Waals surface area contributed by atoms with Gasteiger partial charge in [0, 0.05) is 6.04 Å². The molecule has 1 unspecified atom stereocenters. The summed E-state index contributed by atoms with van der Waals surface area (Å²) in [6.45, 7) is 4.38. The van der Waals surface area contributed by atoms with Crippen molar-refractivity contribution in [3.05, 3.63) is 16.4 Å². The van der Waals surface area contributed by atoms with Gasteiger partial charge < -0.3 is 5.73 Å². The first-order valence-corrected chi connectivity index (χ1v) is 9.26. The highest BCUT2D eigenvalue weighted by atomic mass is 79.9. The van der Waals surface area contributed by atoms with Gasteiger partial charge in [-0.3, -0.25) is 4.68 Å². The molecule has 4 aliphatic rings. The van der Waals surface area contributed by atoms with E-state index in [2.05, 4.69) is 39.6 Å². The second-order valence-electron chi connectivity index (χ2n) is 8.17. The monoisotopic (exact) mass is 351 g/mol. The van der Waals surface area contributed by atoms with Crippen molar-refractivity contribution in [3.8, 4) is 0 Å². The van der Waals surface area contributed by atoms with Crippen LogP contribution in [0.2, 0.25) is 0 Å². The molecule has 4 fully saturated rings. The third-order valence-electron chi connectivity index (χ3n) is 6.32. The van der Waals surface area contributed by atoms with Gasteiger partial charge in [0.25, 0.3) is 0 Å².